The normalized spacial score (nSPS) is 10.9. The van der Waals surface area contributed by atoms with E-state index in [2.05, 4.69) is 42.2 Å². The molecule has 0 fully saturated rings. The van der Waals surface area contributed by atoms with Crippen LogP contribution in [-0.2, 0) is 0 Å². The average Bonchev–Trinajstić information content (AvgIpc) is 2.37. The van der Waals surface area contributed by atoms with Crippen molar-refractivity contribution < 1.29 is 0 Å². The van der Waals surface area contributed by atoms with Crippen LogP contribution >= 0.6 is 0 Å². The van der Waals surface area contributed by atoms with Crippen LogP contribution in [0.5, 0.6) is 0 Å². The van der Waals surface area contributed by atoms with Crippen LogP contribution in [0.1, 0.15) is 43.6 Å². The molecule has 0 unspecified atom stereocenters. The number of hydrogen-bond acceptors (Lipinski definition) is 4. The number of rotatable bonds is 7. The molecule has 0 aliphatic carbocycles. The number of nitriles is 1. The second-order valence-corrected chi connectivity index (χ2v) is 5.59. The van der Waals surface area contributed by atoms with Crippen molar-refractivity contribution in [2.75, 3.05) is 25.5 Å². The van der Waals surface area contributed by atoms with Crippen LogP contribution in [0.25, 0.3) is 0 Å². The van der Waals surface area contributed by atoms with E-state index in [4.69, 9.17) is 0 Å². The second kappa shape index (κ2) is 7.86. The predicted octanol–water partition coefficient (Wildman–Crippen LogP) is 3.10. The zero-order valence-electron chi connectivity index (χ0n) is 13.3. The number of hydrogen-bond donors (Lipinski definition) is 1. The Kier molecular flexibility index (Phi) is 6.47. The zero-order chi connectivity index (χ0) is 15.1. The summed E-state index contributed by atoms with van der Waals surface area (Å²) in [6.45, 7) is 10.3. The lowest BCUT2D eigenvalue weighted by Crippen LogP contribution is -2.27. The minimum absolute atomic E-state index is 0.596. The number of aryl methyl sites for hydroxylation is 2. The van der Waals surface area contributed by atoms with Crippen LogP contribution in [0, 0.1) is 25.2 Å². The fraction of sp³-hybridized carbons (Fsp3) is 0.625. The third kappa shape index (κ3) is 4.82. The number of nitrogens with zero attached hydrogens (tertiary/aromatic N) is 3. The molecule has 4 nitrogen and oxygen atoms in total. The lowest BCUT2D eigenvalue weighted by Gasteiger charge is -2.20. The molecular weight excluding hydrogens is 248 g/mol. The van der Waals surface area contributed by atoms with E-state index in [0.29, 0.717) is 11.6 Å². The van der Waals surface area contributed by atoms with E-state index in [-0.39, 0.29) is 0 Å². The summed E-state index contributed by atoms with van der Waals surface area (Å²) < 4.78 is 0. The van der Waals surface area contributed by atoms with Gasteiger partial charge in [0.25, 0.3) is 0 Å². The van der Waals surface area contributed by atoms with E-state index in [0.717, 1.165) is 43.0 Å². The largest absolute Gasteiger partial charge is 0.384 e. The quantitative estimate of drug-likeness (QED) is 0.776. The Bertz CT molecular complexity index is 474. The highest BCUT2D eigenvalue weighted by atomic mass is 15.1. The summed E-state index contributed by atoms with van der Waals surface area (Å²) in [6, 6.07) is 4.78. The van der Waals surface area contributed by atoms with Gasteiger partial charge < -0.3 is 10.2 Å². The molecular formula is C16H26N4. The predicted molar refractivity (Wildman–Crippen MR) is 83.9 cm³/mol. The summed E-state index contributed by atoms with van der Waals surface area (Å²) in [6.07, 6.45) is 2.26. The first-order chi connectivity index (χ1) is 9.45. The third-order valence-electron chi connectivity index (χ3n) is 3.57. The molecule has 1 N–H and O–H groups in total. The maximum atomic E-state index is 9.19. The molecule has 0 aliphatic rings. The summed E-state index contributed by atoms with van der Waals surface area (Å²) in [7, 11) is 2.15. The van der Waals surface area contributed by atoms with Crippen LogP contribution < -0.4 is 5.32 Å². The van der Waals surface area contributed by atoms with E-state index in [1.807, 2.05) is 19.9 Å². The molecule has 0 saturated carbocycles. The van der Waals surface area contributed by atoms with E-state index in [1.165, 1.54) is 0 Å². The fourth-order valence-electron chi connectivity index (χ4n) is 2.08. The van der Waals surface area contributed by atoms with Gasteiger partial charge in [-0.1, -0.05) is 0 Å². The molecule has 0 saturated heterocycles. The summed E-state index contributed by atoms with van der Waals surface area (Å²) in [5.41, 5.74) is 3.32. The number of pyridine rings is 1. The maximum absolute atomic E-state index is 9.19. The minimum atomic E-state index is 0.596. The van der Waals surface area contributed by atoms with Gasteiger partial charge in [-0.05, 0) is 60.2 Å². The Balaban J connectivity index is 2.45. The van der Waals surface area contributed by atoms with Crippen molar-refractivity contribution in [2.45, 2.75) is 46.6 Å². The molecule has 20 heavy (non-hydrogen) atoms. The van der Waals surface area contributed by atoms with Crippen molar-refractivity contribution in [1.82, 2.24) is 9.88 Å². The lowest BCUT2D eigenvalue weighted by atomic mass is 10.1. The Morgan fingerprint density at radius 2 is 2.05 bits per heavy atom. The lowest BCUT2D eigenvalue weighted by molar-refractivity contribution is 0.269. The summed E-state index contributed by atoms with van der Waals surface area (Å²) in [5, 5.41) is 12.6. The molecule has 0 aliphatic heterocycles. The first-order valence-electron chi connectivity index (χ1n) is 7.28. The maximum Gasteiger partial charge on any atom is 0.103 e. The fourth-order valence-corrected chi connectivity index (χ4v) is 2.08. The van der Waals surface area contributed by atoms with Gasteiger partial charge in [-0.25, -0.2) is 0 Å². The first kappa shape index (κ1) is 16.5. The van der Waals surface area contributed by atoms with Crippen molar-refractivity contribution in [2.24, 2.45) is 0 Å². The molecule has 4 heteroatoms. The number of aromatic nitrogens is 1. The summed E-state index contributed by atoms with van der Waals surface area (Å²) in [5.74, 6) is 0. The molecule has 0 atom stereocenters. The van der Waals surface area contributed by atoms with Gasteiger partial charge >= 0.3 is 0 Å². The van der Waals surface area contributed by atoms with Gasteiger partial charge in [0, 0.05) is 18.3 Å². The highest BCUT2D eigenvalue weighted by molar-refractivity contribution is 5.59. The highest BCUT2D eigenvalue weighted by Gasteiger charge is 2.07. The van der Waals surface area contributed by atoms with Gasteiger partial charge in [0.1, 0.15) is 6.07 Å². The van der Waals surface area contributed by atoms with E-state index in [9.17, 15) is 5.26 Å². The van der Waals surface area contributed by atoms with Crippen molar-refractivity contribution in [3.05, 3.63) is 23.0 Å². The van der Waals surface area contributed by atoms with Gasteiger partial charge in [-0.15, -0.1) is 0 Å². The minimum Gasteiger partial charge on any atom is -0.384 e. The second-order valence-electron chi connectivity index (χ2n) is 5.59. The molecule has 0 amide bonds. The molecule has 0 bridgehead atoms. The standard InChI is InChI=1S/C16H26N4/c1-12(2)20(5)9-7-6-8-18-16-10-13(3)19-14(4)15(16)11-17/h10,12H,6-9H2,1-5H3,(H,18,19). The molecule has 110 valence electrons. The number of nitrogens with one attached hydrogen (secondary N) is 1. The molecule has 1 heterocycles. The molecule has 0 aromatic carbocycles. The zero-order valence-corrected chi connectivity index (χ0v) is 13.3. The van der Waals surface area contributed by atoms with Gasteiger partial charge in [0.2, 0.25) is 0 Å². The molecule has 1 rings (SSSR count). The first-order valence-corrected chi connectivity index (χ1v) is 7.28. The summed E-state index contributed by atoms with van der Waals surface area (Å²) in [4.78, 5) is 6.67. The molecule has 1 aromatic rings. The highest BCUT2D eigenvalue weighted by Crippen LogP contribution is 2.18. The smallest absolute Gasteiger partial charge is 0.103 e. The third-order valence-corrected chi connectivity index (χ3v) is 3.57. The number of unbranched alkanes of at least 4 members (excludes halogenated alkanes) is 1. The van der Waals surface area contributed by atoms with E-state index < -0.39 is 0 Å². The van der Waals surface area contributed by atoms with Crippen molar-refractivity contribution >= 4 is 5.69 Å². The molecule has 0 spiro atoms. The van der Waals surface area contributed by atoms with Crippen molar-refractivity contribution in [3.63, 3.8) is 0 Å². The topological polar surface area (TPSA) is 52.0 Å². The average molecular weight is 274 g/mol. The van der Waals surface area contributed by atoms with Crippen molar-refractivity contribution in [1.29, 1.82) is 5.26 Å². The summed E-state index contributed by atoms with van der Waals surface area (Å²) >= 11 is 0. The SMILES string of the molecule is Cc1cc(NCCCCN(C)C(C)C)c(C#N)c(C)n1. The van der Waals surface area contributed by atoms with Crippen molar-refractivity contribution in [3.8, 4) is 6.07 Å². The Hall–Kier alpha value is -1.60. The van der Waals surface area contributed by atoms with Crippen LogP contribution in [0.2, 0.25) is 0 Å². The van der Waals surface area contributed by atoms with E-state index >= 15 is 0 Å². The van der Waals surface area contributed by atoms with Gasteiger partial charge in [-0.2, -0.15) is 5.26 Å². The van der Waals surface area contributed by atoms with Gasteiger partial charge in [0.15, 0.2) is 0 Å². The van der Waals surface area contributed by atoms with Gasteiger partial charge in [0.05, 0.1) is 16.9 Å². The molecule has 1 aromatic heterocycles. The van der Waals surface area contributed by atoms with Gasteiger partial charge in [-0.3, -0.25) is 4.98 Å². The van der Waals surface area contributed by atoms with Crippen LogP contribution in [0.4, 0.5) is 5.69 Å². The van der Waals surface area contributed by atoms with Crippen LogP contribution in [-0.4, -0.2) is 36.1 Å². The number of anilines is 1. The molecule has 0 radical (unpaired) electrons. The Morgan fingerprint density at radius 1 is 1.35 bits per heavy atom. The Labute approximate surface area is 122 Å². The van der Waals surface area contributed by atoms with Crippen LogP contribution in [0.3, 0.4) is 0 Å². The van der Waals surface area contributed by atoms with Crippen LogP contribution in [0.15, 0.2) is 6.07 Å². The monoisotopic (exact) mass is 274 g/mol. The Morgan fingerprint density at radius 3 is 2.65 bits per heavy atom. The van der Waals surface area contributed by atoms with E-state index in [1.54, 1.807) is 0 Å².